The van der Waals surface area contributed by atoms with Crippen molar-refractivity contribution >= 4 is 0 Å². The second kappa shape index (κ2) is 10.2. The molecule has 2 saturated heterocycles. The zero-order valence-electron chi connectivity index (χ0n) is 17.2. The molecule has 2 aliphatic heterocycles. The first kappa shape index (κ1) is 21.9. The van der Waals surface area contributed by atoms with E-state index in [-0.39, 0.29) is 30.7 Å². The second-order valence-corrected chi connectivity index (χ2v) is 8.72. The number of hydrogen-bond acceptors (Lipinski definition) is 4. The smallest absolute Gasteiger partial charge is 0.169 e. The Labute approximate surface area is 160 Å². The molecule has 0 aromatic carbocycles. The summed E-state index contributed by atoms with van der Waals surface area (Å²) in [7, 11) is 0. The lowest BCUT2D eigenvalue weighted by molar-refractivity contribution is -0.324. The minimum Gasteiger partial charge on any atom is -0.396 e. The highest BCUT2D eigenvalue weighted by atomic mass is 16.7. The predicted octanol–water partition coefficient (Wildman–Crippen LogP) is 4.58. The largest absolute Gasteiger partial charge is 0.396 e. The normalized spacial score (nSPS) is 35.5. The van der Waals surface area contributed by atoms with Crippen LogP contribution in [0.1, 0.15) is 85.5 Å². The maximum absolute atomic E-state index is 9.64. The third-order valence-corrected chi connectivity index (χ3v) is 6.24. The summed E-state index contributed by atoms with van der Waals surface area (Å²) in [5, 5.41) is 18.8. The Kier molecular flexibility index (Phi) is 8.59. The first-order chi connectivity index (χ1) is 12.3. The molecule has 2 heterocycles. The minimum absolute atomic E-state index is 0.213. The van der Waals surface area contributed by atoms with E-state index in [1.807, 2.05) is 13.8 Å². The van der Waals surface area contributed by atoms with E-state index in [0.29, 0.717) is 11.8 Å². The molecule has 26 heavy (non-hydrogen) atoms. The van der Waals surface area contributed by atoms with Crippen molar-refractivity contribution in [3.8, 4) is 0 Å². The highest BCUT2D eigenvalue weighted by Crippen LogP contribution is 2.42. The molecule has 0 amide bonds. The van der Waals surface area contributed by atoms with Gasteiger partial charge in [-0.2, -0.15) is 0 Å². The molecule has 0 aliphatic carbocycles. The molecule has 4 nitrogen and oxygen atoms in total. The number of ether oxygens (including phenoxy) is 2. The molecule has 2 aliphatic rings. The van der Waals surface area contributed by atoms with E-state index in [9.17, 15) is 5.11 Å². The molecule has 0 aromatic heterocycles. The van der Waals surface area contributed by atoms with Crippen molar-refractivity contribution in [3.05, 3.63) is 11.6 Å². The monoisotopic (exact) mass is 368 g/mol. The quantitative estimate of drug-likeness (QED) is 0.616. The lowest BCUT2D eigenvalue weighted by Crippen LogP contribution is -2.50. The number of aliphatic hydroxyl groups excluding tert-OH is 2. The fourth-order valence-electron chi connectivity index (χ4n) is 4.34. The van der Waals surface area contributed by atoms with Crippen LogP contribution in [0, 0.1) is 11.8 Å². The Morgan fingerprint density at radius 1 is 1.19 bits per heavy atom. The summed E-state index contributed by atoms with van der Waals surface area (Å²) in [5.41, 5.74) is 1.05. The van der Waals surface area contributed by atoms with Crippen molar-refractivity contribution in [1.82, 2.24) is 0 Å². The van der Waals surface area contributed by atoms with Gasteiger partial charge in [-0.15, -0.1) is 0 Å². The highest BCUT2D eigenvalue weighted by Gasteiger charge is 2.44. The second-order valence-electron chi connectivity index (χ2n) is 8.72. The van der Waals surface area contributed by atoms with Crippen LogP contribution in [0.5, 0.6) is 0 Å². The van der Waals surface area contributed by atoms with E-state index < -0.39 is 0 Å². The van der Waals surface area contributed by atoms with Crippen LogP contribution in [0.4, 0.5) is 0 Å². The van der Waals surface area contributed by atoms with E-state index >= 15 is 0 Å². The van der Waals surface area contributed by atoms with Gasteiger partial charge in [0, 0.05) is 19.4 Å². The summed E-state index contributed by atoms with van der Waals surface area (Å²) in [4.78, 5) is 0. The predicted molar refractivity (Wildman–Crippen MR) is 105 cm³/mol. The van der Waals surface area contributed by atoms with E-state index in [1.54, 1.807) is 0 Å². The SMILES string of the molecule is CC(=C[C@@H](C)CC[C@@H]1CCC[C@]2(CCC(C)[C@@H](CCCO)O2)O1)[C@H](C)O. The van der Waals surface area contributed by atoms with Crippen molar-refractivity contribution < 1.29 is 19.7 Å². The lowest BCUT2D eigenvalue weighted by Gasteiger charge is -2.48. The zero-order valence-corrected chi connectivity index (χ0v) is 17.2. The van der Waals surface area contributed by atoms with Crippen LogP contribution in [-0.4, -0.2) is 40.9 Å². The molecular weight excluding hydrogens is 328 g/mol. The van der Waals surface area contributed by atoms with E-state index in [1.165, 1.54) is 6.42 Å². The summed E-state index contributed by atoms with van der Waals surface area (Å²) in [5.74, 6) is 0.616. The van der Waals surface area contributed by atoms with E-state index in [4.69, 9.17) is 14.6 Å². The van der Waals surface area contributed by atoms with E-state index in [2.05, 4.69) is 19.9 Å². The molecular formula is C22H40O4. The van der Waals surface area contributed by atoms with Gasteiger partial charge in [0.25, 0.3) is 0 Å². The van der Waals surface area contributed by atoms with Crippen LogP contribution in [-0.2, 0) is 9.47 Å². The summed E-state index contributed by atoms with van der Waals surface area (Å²) in [6, 6.07) is 0. The van der Waals surface area contributed by atoms with Crippen molar-refractivity contribution in [1.29, 1.82) is 0 Å². The molecule has 0 aromatic rings. The molecule has 0 radical (unpaired) electrons. The van der Waals surface area contributed by atoms with Gasteiger partial charge in [0.05, 0.1) is 18.3 Å². The van der Waals surface area contributed by atoms with Crippen LogP contribution in [0.3, 0.4) is 0 Å². The Balaban J connectivity index is 1.87. The maximum Gasteiger partial charge on any atom is 0.169 e. The van der Waals surface area contributed by atoms with Gasteiger partial charge in [-0.25, -0.2) is 0 Å². The average molecular weight is 369 g/mol. The fourth-order valence-corrected chi connectivity index (χ4v) is 4.34. The van der Waals surface area contributed by atoms with Gasteiger partial charge in [0.15, 0.2) is 5.79 Å². The maximum atomic E-state index is 9.64. The summed E-state index contributed by atoms with van der Waals surface area (Å²) in [6.45, 7) is 8.53. The topological polar surface area (TPSA) is 58.9 Å². The first-order valence-corrected chi connectivity index (χ1v) is 10.7. The van der Waals surface area contributed by atoms with Crippen LogP contribution in [0.15, 0.2) is 11.6 Å². The van der Waals surface area contributed by atoms with Crippen molar-refractivity contribution in [2.24, 2.45) is 11.8 Å². The lowest BCUT2D eigenvalue weighted by atomic mass is 9.85. The van der Waals surface area contributed by atoms with Crippen LogP contribution in [0.25, 0.3) is 0 Å². The Hall–Kier alpha value is -0.420. The standard InChI is InChI=1S/C22H40O4/c1-16(15-18(3)19(4)24)9-10-20-7-5-12-22(25-20)13-11-17(2)21(26-22)8-6-14-23/h15-17,19-21,23-24H,5-14H2,1-4H3/t16-,17?,19-,20-,21+,22-/m0/s1. The molecule has 2 fully saturated rings. The molecule has 1 spiro atoms. The number of aliphatic hydroxyl groups is 2. The number of rotatable bonds is 8. The molecule has 2 N–H and O–H groups in total. The average Bonchev–Trinajstić information content (AvgIpc) is 2.61. The highest BCUT2D eigenvalue weighted by molar-refractivity contribution is 5.04. The Morgan fingerprint density at radius 3 is 2.65 bits per heavy atom. The van der Waals surface area contributed by atoms with Crippen LogP contribution >= 0.6 is 0 Å². The molecule has 152 valence electrons. The van der Waals surface area contributed by atoms with Crippen LogP contribution < -0.4 is 0 Å². The van der Waals surface area contributed by atoms with Crippen molar-refractivity contribution in [2.45, 2.75) is 110 Å². The number of allylic oxidation sites excluding steroid dienone is 1. The molecule has 2 rings (SSSR count). The Morgan fingerprint density at radius 2 is 1.96 bits per heavy atom. The molecule has 0 bridgehead atoms. The molecule has 1 unspecified atom stereocenters. The molecule has 0 saturated carbocycles. The van der Waals surface area contributed by atoms with E-state index in [0.717, 1.165) is 56.9 Å². The molecule has 6 atom stereocenters. The zero-order chi connectivity index (χ0) is 19.2. The van der Waals surface area contributed by atoms with Gasteiger partial charge < -0.3 is 19.7 Å². The Bertz CT molecular complexity index is 447. The minimum atomic E-state index is -0.385. The van der Waals surface area contributed by atoms with Gasteiger partial charge in [-0.1, -0.05) is 19.9 Å². The van der Waals surface area contributed by atoms with Gasteiger partial charge in [-0.05, 0) is 76.2 Å². The molecule has 4 heteroatoms. The third kappa shape index (κ3) is 6.33. The fraction of sp³-hybridized carbons (Fsp3) is 0.909. The van der Waals surface area contributed by atoms with Gasteiger partial charge in [0.1, 0.15) is 0 Å². The summed E-state index contributed by atoms with van der Waals surface area (Å²) in [6.07, 6.45) is 11.6. The van der Waals surface area contributed by atoms with Crippen molar-refractivity contribution in [2.75, 3.05) is 6.61 Å². The van der Waals surface area contributed by atoms with Gasteiger partial charge in [-0.3, -0.25) is 0 Å². The van der Waals surface area contributed by atoms with Gasteiger partial charge in [0.2, 0.25) is 0 Å². The number of hydrogen-bond donors (Lipinski definition) is 2. The summed E-state index contributed by atoms with van der Waals surface area (Å²) < 4.78 is 13.0. The van der Waals surface area contributed by atoms with Crippen molar-refractivity contribution in [3.63, 3.8) is 0 Å². The van der Waals surface area contributed by atoms with Gasteiger partial charge >= 0.3 is 0 Å². The summed E-state index contributed by atoms with van der Waals surface area (Å²) >= 11 is 0. The van der Waals surface area contributed by atoms with Crippen LogP contribution in [0.2, 0.25) is 0 Å². The first-order valence-electron chi connectivity index (χ1n) is 10.7. The third-order valence-electron chi connectivity index (χ3n) is 6.24.